The number of rotatable bonds is 6. The van der Waals surface area contributed by atoms with E-state index in [4.69, 9.17) is 4.74 Å². The molecule has 0 saturated heterocycles. The average Bonchev–Trinajstić information content (AvgIpc) is 3.01. The smallest absolute Gasteiger partial charge is 0.340 e. The molecular formula is C19H16N2O4S. The number of hydrogen-bond donors (Lipinski definition) is 2. The van der Waals surface area contributed by atoms with Crippen LogP contribution in [0.1, 0.15) is 32.0 Å². The van der Waals surface area contributed by atoms with Crippen molar-refractivity contribution in [3.8, 4) is 5.75 Å². The highest BCUT2D eigenvalue weighted by Crippen LogP contribution is 2.25. The summed E-state index contributed by atoms with van der Waals surface area (Å²) >= 11 is 0.945. The first kappa shape index (κ1) is 17.6. The van der Waals surface area contributed by atoms with Crippen LogP contribution in [-0.2, 0) is 6.61 Å². The summed E-state index contributed by atoms with van der Waals surface area (Å²) in [5, 5.41) is 12.1. The Hall–Kier alpha value is -3.19. The summed E-state index contributed by atoms with van der Waals surface area (Å²) in [6.07, 6.45) is 0. The van der Waals surface area contributed by atoms with Crippen LogP contribution in [0.2, 0.25) is 0 Å². The molecule has 2 N–H and O–H groups in total. The molecule has 3 aromatic rings. The number of nitrogens with one attached hydrogen (secondary N) is 1. The Kier molecular flexibility index (Phi) is 5.28. The second-order valence-corrected chi connectivity index (χ2v) is 6.31. The standard InChI is InChI=1S/C19H16N2O4S/c1-12-16(19(23)24)18(26-21-12)20-17(22)14-8-5-9-15(10-14)25-11-13-6-3-2-4-7-13/h2-10H,11H2,1H3,(H,20,22)(H,23,24). The van der Waals surface area contributed by atoms with Crippen molar-refractivity contribution in [2.75, 3.05) is 5.32 Å². The van der Waals surface area contributed by atoms with Gasteiger partial charge in [-0.3, -0.25) is 4.79 Å². The van der Waals surface area contributed by atoms with E-state index in [9.17, 15) is 14.7 Å². The van der Waals surface area contributed by atoms with Crippen molar-refractivity contribution in [3.05, 3.63) is 77.0 Å². The van der Waals surface area contributed by atoms with E-state index in [1.54, 1.807) is 31.2 Å². The molecule has 0 aliphatic heterocycles. The zero-order valence-electron chi connectivity index (χ0n) is 13.9. The van der Waals surface area contributed by atoms with Gasteiger partial charge in [0.25, 0.3) is 5.91 Å². The lowest BCUT2D eigenvalue weighted by Crippen LogP contribution is -2.13. The Morgan fingerprint density at radius 2 is 1.92 bits per heavy atom. The van der Waals surface area contributed by atoms with Crippen molar-refractivity contribution in [3.63, 3.8) is 0 Å². The number of aryl methyl sites for hydroxylation is 1. The molecule has 0 aliphatic carbocycles. The second-order valence-electron chi connectivity index (χ2n) is 5.53. The molecule has 0 fully saturated rings. The summed E-state index contributed by atoms with van der Waals surface area (Å²) in [5.74, 6) is -0.978. The van der Waals surface area contributed by atoms with Crippen LogP contribution < -0.4 is 10.1 Å². The monoisotopic (exact) mass is 368 g/mol. The molecule has 0 unspecified atom stereocenters. The highest BCUT2D eigenvalue weighted by atomic mass is 32.1. The van der Waals surface area contributed by atoms with Crippen LogP contribution in [0, 0.1) is 6.92 Å². The first-order chi connectivity index (χ1) is 12.5. The summed E-state index contributed by atoms with van der Waals surface area (Å²) in [6, 6.07) is 16.4. The molecule has 1 amide bonds. The van der Waals surface area contributed by atoms with Crippen molar-refractivity contribution < 1.29 is 19.4 Å². The SMILES string of the molecule is Cc1nsc(NC(=O)c2cccc(OCc3ccccc3)c2)c1C(=O)O. The number of carbonyl (C=O) groups excluding carboxylic acids is 1. The number of aromatic nitrogens is 1. The maximum Gasteiger partial charge on any atom is 0.340 e. The van der Waals surface area contributed by atoms with Gasteiger partial charge in [0.05, 0.1) is 5.69 Å². The molecule has 0 spiro atoms. The fourth-order valence-corrected chi connectivity index (χ4v) is 3.13. The Labute approximate surface area is 154 Å². The predicted molar refractivity (Wildman–Crippen MR) is 99.0 cm³/mol. The quantitative estimate of drug-likeness (QED) is 0.687. The molecular weight excluding hydrogens is 352 g/mol. The third kappa shape index (κ3) is 4.07. The molecule has 0 bridgehead atoms. The Morgan fingerprint density at radius 1 is 1.15 bits per heavy atom. The summed E-state index contributed by atoms with van der Waals surface area (Å²) in [6.45, 7) is 1.98. The molecule has 0 saturated carbocycles. The highest BCUT2D eigenvalue weighted by Gasteiger charge is 2.20. The van der Waals surface area contributed by atoms with E-state index in [1.165, 1.54) is 0 Å². The minimum atomic E-state index is -1.12. The van der Waals surface area contributed by atoms with Gasteiger partial charge in [-0.05, 0) is 42.2 Å². The number of benzene rings is 2. The van der Waals surface area contributed by atoms with E-state index in [0.717, 1.165) is 17.1 Å². The molecule has 26 heavy (non-hydrogen) atoms. The van der Waals surface area contributed by atoms with Gasteiger partial charge in [-0.1, -0.05) is 36.4 Å². The molecule has 0 radical (unpaired) electrons. The van der Waals surface area contributed by atoms with Crippen LogP contribution in [0.3, 0.4) is 0 Å². The van der Waals surface area contributed by atoms with E-state index in [-0.39, 0.29) is 10.6 Å². The molecule has 0 atom stereocenters. The fourth-order valence-electron chi connectivity index (χ4n) is 2.35. The summed E-state index contributed by atoms with van der Waals surface area (Å²) in [4.78, 5) is 23.7. The predicted octanol–water partition coefficient (Wildman–Crippen LogP) is 3.98. The summed E-state index contributed by atoms with van der Waals surface area (Å²) in [5.41, 5.74) is 1.78. The molecule has 3 rings (SSSR count). The number of carboxylic acid groups (broad SMARTS) is 1. The summed E-state index contributed by atoms with van der Waals surface area (Å²) in [7, 11) is 0. The highest BCUT2D eigenvalue weighted by molar-refractivity contribution is 7.11. The molecule has 7 heteroatoms. The third-order valence-corrected chi connectivity index (χ3v) is 4.50. The molecule has 132 valence electrons. The molecule has 0 aliphatic rings. The van der Waals surface area contributed by atoms with Gasteiger partial charge in [0.2, 0.25) is 0 Å². The van der Waals surface area contributed by atoms with Crippen LogP contribution >= 0.6 is 11.5 Å². The first-order valence-corrected chi connectivity index (χ1v) is 8.59. The zero-order chi connectivity index (χ0) is 18.5. The number of carboxylic acids is 1. The molecule has 2 aromatic carbocycles. The van der Waals surface area contributed by atoms with Crippen LogP contribution in [0.15, 0.2) is 54.6 Å². The van der Waals surface area contributed by atoms with Crippen molar-refractivity contribution >= 4 is 28.4 Å². The van der Waals surface area contributed by atoms with Gasteiger partial charge < -0.3 is 15.2 Å². The lowest BCUT2D eigenvalue weighted by Gasteiger charge is -2.08. The number of ether oxygens (including phenoxy) is 1. The lowest BCUT2D eigenvalue weighted by molar-refractivity contribution is 0.0697. The number of anilines is 1. The number of aromatic carboxylic acids is 1. The van der Waals surface area contributed by atoms with Crippen molar-refractivity contribution in [2.45, 2.75) is 13.5 Å². The number of hydrogen-bond acceptors (Lipinski definition) is 5. The molecule has 1 heterocycles. The zero-order valence-corrected chi connectivity index (χ0v) is 14.7. The number of amides is 1. The van der Waals surface area contributed by atoms with Gasteiger partial charge in [-0.25, -0.2) is 4.79 Å². The maximum absolute atomic E-state index is 12.4. The van der Waals surface area contributed by atoms with E-state index in [0.29, 0.717) is 23.6 Å². The van der Waals surface area contributed by atoms with Gasteiger partial charge >= 0.3 is 5.97 Å². The van der Waals surface area contributed by atoms with Gasteiger partial charge in [0.15, 0.2) is 0 Å². The average molecular weight is 368 g/mol. The topological polar surface area (TPSA) is 88.5 Å². The third-order valence-electron chi connectivity index (χ3n) is 3.65. The lowest BCUT2D eigenvalue weighted by atomic mass is 10.2. The first-order valence-electron chi connectivity index (χ1n) is 7.82. The number of carbonyl (C=O) groups is 2. The minimum Gasteiger partial charge on any atom is -0.489 e. The Balaban J connectivity index is 1.71. The van der Waals surface area contributed by atoms with Gasteiger partial charge in [-0.15, -0.1) is 0 Å². The molecule has 6 nitrogen and oxygen atoms in total. The van der Waals surface area contributed by atoms with Crippen molar-refractivity contribution in [2.24, 2.45) is 0 Å². The van der Waals surface area contributed by atoms with Gasteiger partial charge in [0, 0.05) is 5.56 Å². The number of nitrogens with zero attached hydrogens (tertiary/aromatic N) is 1. The van der Waals surface area contributed by atoms with Crippen LogP contribution in [0.25, 0.3) is 0 Å². The van der Waals surface area contributed by atoms with Crippen molar-refractivity contribution in [1.82, 2.24) is 4.37 Å². The Morgan fingerprint density at radius 3 is 2.65 bits per heavy atom. The van der Waals surface area contributed by atoms with E-state index in [2.05, 4.69) is 9.69 Å². The summed E-state index contributed by atoms with van der Waals surface area (Å²) < 4.78 is 9.70. The minimum absolute atomic E-state index is 0.0137. The van der Waals surface area contributed by atoms with E-state index in [1.807, 2.05) is 30.3 Å². The normalized spacial score (nSPS) is 10.3. The van der Waals surface area contributed by atoms with Crippen LogP contribution in [-0.4, -0.2) is 21.4 Å². The van der Waals surface area contributed by atoms with Gasteiger partial charge in [-0.2, -0.15) is 4.37 Å². The van der Waals surface area contributed by atoms with Gasteiger partial charge in [0.1, 0.15) is 22.9 Å². The largest absolute Gasteiger partial charge is 0.489 e. The van der Waals surface area contributed by atoms with Crippen LogP contribution in [0.4, 0.5) is 5.00 Å². The van der Waals surface area contributed by atoms with Crippen molar-refractivity contribution in [1.29, 1.82) is 0 Å². The second kappa shape index (κ2) is 7.79. The Bertz CT molecular complexity index is 938. The van der Waals surface area contributed by atoms with Crippen LogP contribution in [0.5, 0.6) is 5.75 Å². The van der Waals surface area contributed by atoms with E-state index < -0.39 is 11.9 Å². The van der Waals surface area contributed by atoms with E-state index >= 15 is 0 Å². The fraction of sp³-hybridized carbons (Fsp3) is 0.105. The molecule has 1 aromatic heterocycles. The maximum atomic E-state index is 12.4.